The van der Waals surface area contributed by atoms with Crippen LogP contribution in [0.1, 0.15) is 24.6 Å². The van der Waals surface area contributed by atoms with Gasteiger partial charge in [-0.3, -0.25) is 0 Å². The molecule has 2 aromatic rings. The summed E-state index contributed by atoms with van der Waals surface area (Å²) in [5.41, 5.74) is 0.453. The maximum atomic E-state index is 5.94. The van der Waals surface area contributed by atoms with Gasteiger partial charge in [0.25, 0.3) is 0 Å². The molecule has 1 N–H and O–H groups in total. The number of nitrogens with zero attached hydrogens (tertiary/aromatic N) is 2. The zero-order valence-corrected chi connectivity index (χ0v) is 11.5. The lowest BCUT2D eigenvalue weighted by Gasteiger charge is -2.11. The molecule has 0 bridgehead atoms. The minimum atomic E-state index is 0.322. The van der Waals surface area contributed by atoms with Crippen LogP contribution in [0.25, 0.3) is 10.2 Å². The van der Waals surface area contributed by atoms with Gasteiger partial charge >= 0.3 is 0 Å². The van der Waals surface area contributed by atoms with Crippen molar-refractivity contribution in [3.63, 3.8) is 0 Å². The van der Waals surface area contributed by atoms with Gasteiger partial charge in [0.05, 0.1) is 5.39 Å². The number of nitrogens with one attached hydrogen (secondary N) is 1. The Hall–Kier alpha value is -0.870. The molecule has 2 heterocycles. The van der Waals surface area contributed by atoms with E-state index in [1.807, 2.05) is 0 Å². The number of fused-ring (bicyclic) bond motifs is 1. The number of rotatable bonds is 3. The third-order valence-electron chi connectivity index (χ3n) is 3.27. The first-order valence-electron chi connectivity index (χ1n) is 5.73. The van der Waals surface area contributed by atoms with Crippen molar-refractivity contribution in [2.45, 2.75) is 26.7 Å². The zero-order chi connectivity index (χ0) is 12.0. The van der Waals surface area contributed by atoms with Crippen LogP contribution in [-0.2, 0) is 0 Å². The highest BCUT2D eigenvalue weighted by Gasteiger charge is 2.37. The summed E-state index contributed by atoms with van der Waals surface area (Å²) in [4.78, 5) is 10.7. The molecule has 2 aromatic heterocycles. The van der Waals surface area contributed by atoms with Gasteiger partial charge in [0.15, 0.2) is 0 Å². The molecular weight excluding hydrogens is 254 g/mol. The van der Waals surface area contributed by atoms with Crippen LogP contribution < -0.4 is 5.32 Å². The smallest absolute Gasteiger partial charge is 0.225 e. The second kappa shape index (κ2) is 3.82. The van der Waals surface area contributed by atoms with Crippen LogP contribution in [0.3, 0.4) is 0 Å². The quantitative estimate of drug-likeness (QED) is 0.858. The number of aryl methyl sites for hydroxylation is 1. The normalized spacial score (nSPS) is 17.4. The Labute approximate surface area is 109 Å². The van der Waals surface area contributed by atoms with E-state index in [9.17, 15) is 0 Å². The predicted molar refractivity (Wildman–Crippen MR) is 73.0 cm³/mol. The molecule has 0 amide bonds. The first-order chi connectivity index (χ1) is 8.06. The average Bonchev–Trinajstić information content (AvgIpc) is 2.86. The van der Waals surface area contributed by atoms with Crippen LogP contribution in [0.2, 0.25) is 5.28 Å². The van der Waals surface area contributed by atoms with Gasteiger partial charge in [-0.2, -0.15) is 0 Å². The number of anilines is 1. The fourth-order valence-corrected chi connectivity index (χ4v) is 2.94. The van der Waals surface area contributed by atoms with Crippen molar-refractivity contribution in [2.24, 2.45) is 5.41 Å². The number of hydrogen-bond acceptors (Lipinski definition) is 4. The van der Waals surface area contributed by atoms with E-state index in [1.54, 1.807) is 11.3 Å². The molecule has 0 aliphatic heterocycles. The molecule has 3 rings (SSSR count). The fourth-order valence-electron chi connectivity index (χ4n) is 1.84. The van der Waals surface area contributed by atoms with Gasteiger partial charge in [-0.25, -0.2) is 9.97 Å². The van der Waals surface area contributed by atoms with Crippen molar-refractivity contribution < 1.29 is 0 Å². The molecule has 90 valence electrons. The van der Waals surface area contributed by atoms with Crippen molar-refractivity contribution in [3.8, 4) is 0 Å². The van der Waals surface area contributed by atoms with Crippen LogP contribution in [-0.4, -0.2) is 16.5 Å². The topological polar surface area (TPSA) is 37.8 Å². The van der Waals surface area contributed by atoms with Gasteiger partial charge in [0.2, 0.25) is 5.28 Å². The van der Waals surface area contributed by atoms with Gasteiger partial charge in [0.1, 0.15) is 10.6 Å². The van der Waals surface area contributed by atoms with Crippen LogP contribution in [0.4, 0.5) is 5.82 Å². The highest BCUT2D eigenvalue weighted by atomic mass is 35.5. The zero-order valence-electron chi connectivity index (χ0n) is 9.88. The average molecular weight is 268 g/mol. The summed E-state index contributed by atoms with van der Waals surface area (Å²) in [6.45, 7) is 5.33. The number of hydrogen-bond donors (Lipinski definition) is 1. The molecule has 1 fully saturated rings. The predicted octanol–water partition coefficient (Wildman–Crippen LogP) is 3.87. The minimum absolute atomic E-state index is 0.322. The summed E-state index contributed by atoms with van der Waals surface area (Å²) in [5.74, 6) is 0.873. The molecule has 3 nitrogen and oxygen atoms in total. The lowest BCUT2D eigenvalue weighted by molar-refractivity contribution is 0.610. The van der Waals surface area contributed by atoms with Crippen LogP contribution in [0.15, 0.2) is 6.07 Å². The van der Waals surface area contributed by atoms with E-state index in [-0.39, 0.29) is 0 Å². The largest absolute Gasteiger partial charge is 0.369 e. The van der Waals surface area contributed by atoms with E-state index in [0.717, 1.165) is 22.6 Å². The fraction of sp³-hybridized carbons (Fsp3) is 0.500. The molecule has 1 saturated carbocycles. The van der Waals surface area contributed by atoms with E-state index >= 15 is 0 Å². The molecule has 0 saturated heterocycles. The molecular formula is C12H14ClN3S. The first-order valence-corrected chi connectivity index (χ1v) is 6.93. The SMILES string of the molecule is Cc1cc2c(NCC3(C)CC3)nc(Cl)nc2s1. The van der Waals surface area contributed by atoms with Gasteiger partial charge < -0.3 is 5.32 Å². The monoisotopic (exact) mass is 267 g/mol. The summed E-state index contributed by atoms with van der Waals surface area (Å²) in [5, 5.41) is 4.82. The summed E-state index contributed by atoms with van der Waals surface area (Å²) in [6, 6.07) is 2.12. The lowest BCUT2D eigenvalue weighted by Crippen LogP contribution is -2.13. The first kappa shape index (κ1) is 11.2. The molecule has 5 heteroatoms. The van der Waals surface area contributed by atoms with E-state index in [4.69, 9.17) is 11.6 Å². The van der Waals surface area contributed by atoms with Crippen molar-refractivity contribution >= 4 is 39.0 Å². The Bertz CT molecular complexity index is 574. The Morgan fingerprint density at radius 3 is 2.94 bits per heavy atom. The van der Waals surface area contributed by atoms with Crippen LogP contribution in [0.5, 0.6) is 0 Å². The van der Waals surface area contributed by atoms with Crippen molar-refractivity contribution in [1.29, 1.82) is 0 Å². The van der Waals surface area contributed by atoms with Gasteiger partial charge in [-0.1, -0.05) is 6.92 Å². The Kier molecular flexibility index (Phi) is 2.52. The molecule has 0 spiro atoms. The highest BCUT2D eigenvalue weighted by Crippen LogP contribution is 2.45. The molecule has 0 radical (unpaired) electrons. The third-order valence-corrected chi connectivity index (χ3v) is 4.39. The summed E-state index contributed by atoms with van der Waals surface area (Å²) in [6.07, 6.45) is 2.59. The number of aromatic nitrogens is 2. The number of halogens is 1. The van der Waals surface area contributed by atoms with Gasteiger partial charge in [-0.05, 0) is 42.8 Å². The Balaban J connectivity index is 1.95. The number of thiophene rings is 1. The van der Waals surface area contributed by atoms with E-state index in [0.29, 0.717) is 10.7 Å². The minimum Gasteiger partial charge on any atom is -0.369 e. The third kappa shape index (κ3) is 2.24. The molecule has 0 unspecified atom stereocenters. The second-order valence-electron chi connectivity index (χ2n) is 5.08. The lowest BCUT2D eigenvalue weighted by atomic mass is 10.1. The standard InChI is InChI=1S/C12H14ClN3S/c1-7-5-8-9(14-6-12(2)3-4-12)15-11(13)16-10(8)17-7/h5H,3-4,6H2,1-2H3,(H,14,15,16). The highest BCUT2D eigenvalue weighted by molar-refractivity contribution is 7.18. The van der Waals surface area contributed by atoms with Crippen LogP contribution in [0, 0.1) is 12.3 Å². The molecule has 1 aliphatic rings. The van der Waals surface area contributed by atoms with Crippen molar-refractivity contribution in [3.05, 3.63) is 16.2 Å². The second-order valence-corrected chi connectivity index (χ2v) is 6.65. The maximum Gasteiger partial charge on any atom is 0.225 e. The Morgan fingerprint density at radius 2 is 2.24 bits per heavy atom. The van der Waals surface area contributed by atoms with Gasteiger partial charge in [-0.15, -0.1) is 11.3 Å². The van der Waals surface area contributed by atoms with Crippen LogP contribution >= 0.6 is 22.9 Å². The molecule has 0 atom stereocenters. The summed E-state index contributed by atoms with van der Waals surface area (Å²) < 4.78 is 0. The molecule has 17 heavy (non-hydrogen) atoms. The van der Waals surface area contributed by atoms with E-state index < -0.39 is 0 Å². The maximum absolute atomic E-state index is 5.94. The molecule has 0 aromatic carbocycles. The molecule has 1 aliphatic carbocycles. The van der Waals surface area contributed by atoms with E-state index in [2.05, 4.69) is 35.2 Å². The summed E-state index contributed by atoms with van der Waals surface area (Å²) in [7, 11) is 0. The van der Waals surface area contributed by atoms with Crippen molar-refractivity contribution in [2.75, 3.05) is 11.9 Å². The van der Waals surface area contributed by atoms with E-state index in [1.165, 1.54) is 17.7 Å². The summed E-state index contributed by atoms with van der Waals surface area (Å²) >= 11 is 7.60. The van der Waals surface area contributed by atoms with Crippen molar-refractivity contribution in [1.82, 2.24) is 9.97 Å². The van der Waals surface area contributed by atoms with Gasteiger partial charge in [0, 0.05) is 11.4 Å². The Morgan fingerprint density at radius 1 is 1.47 bits per heavy atom.